The fraction of sp³-hybridized carbons (Fsp3) is 0.364. The molecule has 3 nitrogen and oxygen atoms in total. The summed E-state index contributed by atoms with van der Waals surface area (Å²) < 4.78 is 5.37. The molecule has 2 atom stereocenters. The third-order valence-corrected chi connectivity index (χ3v) is 5.51. The van der Waals surface area contributed by atoms with Crippen molar-refractivity contribution < 1.29 is 14.3 Å². The van der Waals surface area contributed by atoms with Gasteiger partial charge in [0.05, 0.1) is 11.8 Å². The zero-order valence-corrected chi connectivity index (χ0v) is 14.2. The Morgan fingerprint density at radius 1 is 0.720 bits per heavy atom. The van der Waals surface area contributed by atoms with Crippen molar-refractivity contribution in [2.75, 3.05) is 0 Å². The Kier molecular flexibility index (Phi) is 4.39. The van der Waals surface area contributed by atoms with E-state index >= 15 is 0 Å². The van der Waals surface area contributed by atoms with Crippen LogP contribution < -0.4 is 0 Å². The topological polar surface area (TPSA) is 43.4 Å². The highest BCUT2D eigenvalue weighted by Gasteiger charge is 2.33. The lowest BCUT2D eigenvalue weighted by Gasteiger charge is -2.26. The molecule has 2 aliphatic rings. The second-order valence-electron chi connectivity index (χ2n) is 7.03. The zero-order chi connectivity index (χ0) is 17.2. The summed E-state index contributed by atoms with van der Waals surface area (Å²) in [5.74, 6) is -1.40. The van der Waals surface area contributed by atoms with Gasteiger partial charge < -0.3 is 4.74 Å². The van der Waals surface area contributed by atoms with Crippen molar-refractivity contribution >= 4 is 11.9 Å². The maximum absolute atomic E-state index is 12.7. The van der Waals surface area contributed by atoms with Crippen LogP contribution in [-0.2, 0) is 27.2 Å². The quantitative estimate of drug-likeness (QED) is 0.607. The number of hydrogen-bond acceptors (Lipinski definition) is 3. The van der Waals surface area contributed by atoms with Crippen molar-refractivity contribution in [1.82, 2.24) is 0 Å². The summed E-state index contributed by atoms with van der Waals surface area (Å²) in [6.45, 7) is 0. The first-order valence-corrected chi connectivity index (χ1v) is 9.15. The molecule has 2 aliphatic carbocycles. The standard InChI is InChI=1S/C22H22O3/c23-21(19-13-5-9-15-7-1-3-11-17(15)19)25-22(24)20-14-6-10-16-8-2-4-12-18(16)20/h1-4,7-8,11-12,19-20H,5-6,9-10,13-14H2. The van der Waals surface area contributed by atoms with Crippen molar-refractivity contribution in [2.24, 2.45) is 0 Å². The number of rotatable bonds is 2. The van der Waals surface area contributed by atoms with Gasteiger partial charge in [-0.2, -0.15) is 0 Å². The van der Waals surface area contributed by atoms with Gasteiger partial charge in [-0.25, -0.2) is 0 Å². The first kappa shape index (κ1) is 16.1. The maximum atomic E-state index is 12.7. The fourth-order valence-corrected chi connectivity index (χ4v) is 4.24. The van der Waals surface area contributed by atoms with E-state index in [9.17, 15) is 9.59 Å². The van der Waals surface area contributed by atoms with E-state index < -0.39 is 0 Å². The Morgan fingerprint density at radius 3 is 1.64 bits per heavy atom. The van der Waals surface area contributed by atoms with E-state index in [1.54, 1.807) is 0 Å². The molecule has 0 N–H and O–H groups in total. The first-order chi connectivity index (χ1) is 12.2. The molecule has 0 heterocycles. The van der Waals surface area contributed by atoms with Crippen LogP contribution in [0.5, 0.6) is 0 Å². The highest BCUT2D eigenvalue weighted by atomic mass is 16.6. The summed E-state index contributed by atoms with van der Waals surface area (Å²) in [6, 6.07) is 16.0. The van der Waals surface area contributed by atoms with Gasteiger partial charge in [-0.15, -0.1) is 0 Å². The average Bonchev–Trinajstić information content (AvgIpc) is 2.67. The Hall–Kier alpha value is -2.42. The molecule has 0 radical (unpaired) electrons. The lowest BCUT2D eigenvalue weighted by atomic mass is 9.82. The number of fused-ring (bicyclic) bond motifs is 2. The molecule has 0 spiro atoms. The molecule has 0 bridgehead atoms. The van der Waals surface area contributed by atoms with Crippen LogP contribution in [0.1, 0.15) is 59.8 Å². The van der Waals surface area contributed by atoms with Crippen LogP contribution in [0.3, 0.4) is 0 Å². The monoisotopic (exact) mass is 334 g/mol. The number of carbonyl (C=O) groups excluding carboxylic acids is 2. The van der Waals surface area contributed by atoms with Crippen LogP contribution in [0, 0.1) is 0 Å². The second kappa shape index (κ2) is 6.83. The van der Waals surface area contributed by atoms with Gasteiger partial charge in [0.1, 0.15) is 0 Å². The number of aryl methyl sites for hydroxylation is 2. The molecule has 3 heteroatoms. The van der Waals surface area contributed by atoms with E-state index in [1.807, 2.05) is 36.4 Å². The summed E-state index contributed by atoms with van der Waals surface area (Å²) in [7, 11) is 0. The van der Waals surface area contributed by atoms with Crippen molar-refractivity contribution in [1.29, 1.82) is 0 Å². The molecular weight excluding hydrogens is 312 g/mol. The molecule has 0 aromatic heterocycles. The van der Waals surface area contributed by atoms with Crippen LogP contribution in [0.15, 0.2) is 48.5 Å². The predicted octanol–water partition coefficient (Wildman–Crippen LogP) is 4.30. The molecule has 2 aromatic rings. The first-order valence-electron chi connectivity index (χ1n) is 9.15. The number of esters is 2. The van der Waals surface area contributed by atoms with E-state index in [0.29, 0.717) is 0 Å². The van der Waals surface area contributed by atoms with Crippen molar-refractivity contribution in [3.05, 3.63) is 70.8 Å². The van der Waals surface area contributed by atoms with Gasteiger partial charge in [0.15, 0.2) is 0 Å². The van der Waals surface area contributed by atoms with Crippen LogP contribution >= 0.6 is 0 Å². The highest BCUT2D eigenvalue weighted by Crippen LogP contribution is 2.35. The number of hydrogen-bond donors (Lipinski definition) is 0. The van der Waals surface area contributed by atoms with E-state index in [-0.39, 0.29) is 23.8 Å². The minimum absolute atomic E-state index is 0.312. The lowest BCUT2D eigenvalue weighted by molar-refractivity contribution is -0.162. The Morgan fingerprint density at radius 2 is 1.16 bits per heavy atom. The van der Waals surface area contributed by atoms with Crippen molar-refractivity contribution in [2.45, 2.75) is 50.4 Å². The van der Waals surface area contributed by atoms with Crippen molar-refractivity contribution in [3.63, 3.8) is 0 Å². The summed E-state index contributed by atoms with van der Waals surface area (Å²) in [4.78, 5) is 25.4. The van der Waals surface area contributed by atoms with Crippen LogP contribution in [0.2, 0.25) is 0 Å². The zero-order valence-electron chi connectivity index (χ0n) is 14.2. The number of carbonyl (C=O) groups is 2. The summed E-state index contributed by atoms with van der Waals surface area (Å²) >= 11 is 0. The van der Waals surface area contributed by atoms with Crippen LogP contribution in [-0.4, -0.2) is 11.9 Å². The molecule has 0 fully saturated rings. The van der Waals surface area contributed by atoms with Gasteiger partial charge in [-0.3, -0.25) is 9.59 Å². The second-order valence-corrected chi connectivity index (χ2v) is 7.03. The largest absolute Gasteiger partial charge is 0.392 e. The van der Waals surface area contributed by atoms with E-state index in [1.165, 1.54) is 11.1 Å². The van der Waals surface area contributed by atoms with E-state index in [2.05, 4.69) is 12.1 Å². The predicted molar refractivity (Wildman–Crippen MR) is 95.3 cm³/mol. The normalized spacial score (nSPS) is 21.8. The minimum atomic E-state index is -0.389. The minimum Gasteiger partial charge on any atom is -0.392 e. The van der Waals surface area contributed by atoms with Gasteiger partial charge in [0.2, 0.25) is 0 Å². The molecule has 0 saturated heterocycles. The molecule has 2 aromatic carbocycles. The van der Waals surface area contributed by atoms with Gasteiger partial charge in [-0.1, -0.05) is 48.5 Å². The van der Waals surface area contributed by atoms with Gasteiger partial charge in [-0.05, 0) is 60.8 Å². The van der Waals surface area contributed by atoms with Gasteiger partial charge in [0.25, 0.3) is 0 Å². The molecule has 128 valence electrons. The third kappa shape index (κ3) is 3.11. The molecule has 0 amide bonds. The van der Waals surface area contributed by atoms with Crippen LogP contribution in [0.25, 0.3) is 0 Å². The van der Waals surface area contributed by atoms with E-state index in [4.69, 9.17) is 4.74 Å². The molecule has 0 saturated carbocycles. The Balaban J connectivity index is 1.52. The lowest BCUT2D eigenvalue weighted by Crippen LogP contribution is -2.27. The summed E-state index contributed by atoms with van der Waals surface area (Å²) in [6.07, 6.45) is 5.40. The number of ether oxygens (including phenoxy) is 1. The average molecular weight is 334 g/mol. The smallest absolute Gasteiger partial charge is 0.321 e. The molecule has 0 aliphatic heterocycles. The molecule has 25 heavy (non-hydrogen) atoms. The fourth-order valence-electron chi connectivity index (χ4n) is 4.24. The molecule has 2 unspecified atom stereocenters. The van der Waals surface area contributed by atoms with E-state index in [0.717, 1.165) is 49.7 Å². The Labute approximate surface area is 148 Å². The van der Waals surface area contributed by atoms with Gasteiger partial charge in [0, 0.05) is 0 Å². The SMILES string of the molecule is O=C(OC(=O)C1CCCc2ccccc21)C1CCCc2ccccc21. The summed E-state index contributed by atoms with van der Waals surface area (Å²) in [5, 5.41) is 0. The maximum Gasteiger partial charge on any atom is 0.321 e. The number of benzene rings is 2. The highest BCUT2D eigenvalue weighted by molar-refractivity contribution is 5.93. The third-order valence-electron chi connectivity index (χ3n) is 5.51. The molecular formula is C22H22O3. The van der Waals surface area contributed by atoms with Crippen LogP contribution in [0.4, 0.5) is 0 Å². The molecule has 4 rings (SSSR count). The Bertz CT molecular complexity index is 741. The van der Waals surface area contributed by atoms with Crippen molar-refractivity contribution in [3.8, 4) is 0 Å². The van der Waals surface area contributed by atoms with Gasteiger partial charge >= 0.3 is 11.9 Å². The summed E-state index contributed by atoms with van der Waals surface area (Å²) in [5.41, 5.74) is 4.45.